The minimum Gasteiger partial charge on any atom is -0.497 e. The summed E-state index contributed by atoms with van der Waals surface area (Å²) in [6.45, 7) is 6.05. The Morgan fingerprint density at radius 3 is 2.47 bits per heavy atom. The van der Waals surface area contributed by atoms with Crippen molar-refractivity contribution < 1.29 is 18.7 Å². The Morgan fingerprint density at radius 2 is 1.81 bits per heavy atom. The zero-order valence-electron chi connectivity index (χ0n) is 18.9. The number of halogens is 1. The maximum atomic E-state index is 14.0. The van der Waals surface area contributed by atoms with Crippen LogP contribution >= 0.6 is 0 Å². The largest absolute Gasteiger partial charge is 0.497 e. The molecule has 172 valence electrons. The number of amides is 2. The summed E-state index contributed by atoms with van der Waals surface area (Å²) in [5.41, 5.74) is 1.00. The van der Waals surface area contributed by atoms with Crippen molar-refractivity contribution in [2.45, 2.75) is 38.8 Å². The molecule has 0 aliphatic carbocycles. The fourth-order valence-corrected chi connectivity index (χ4v) is 4.07. The first-order valence-corrected chi connectivity index (χ1v) is 11.1. The van der Waals surface area contributed by atoms with Gasteiger partial charge in [-0.3, -0.25) is 14.5 Å². The minimum absolute atomic E-state index is 0.00614. The summed E-state index contributed by atoms with van der Waals surface area (Å²) in [5, 5.41) is 5.72. The van der Waals surface area contributed by atoms with E-state index in [4.69, 9.17) is 4.74 Å². The highest BCUT2D eigenvalue weighted by atomic mass is 19.1. The molecular formula is C25H32FN3O3. The SMILES string of the molecule is COc1cccc(C(CNC(=O)C(NC(=O)c2ccccc2F)C(C)C)N2CCCC2)c1. The molecule has 2 atom stereocenters. The van der Waals surface area contributed by atoms with Crippen LogP contribution in [0.15, 0.2) is 48.5 Å². The van der Waals surface area contributed by atoms with Gasteiger partial charge >= 0.3 is 0 Å². The number of hydrogen-bond acceptors (Lipinski definition) is 4. The summed E-state index contributed by atoms with van der Waals surface area (Å²) in [4.78, 5) is 28.0. The van der Waals surface area contributed by atoms with Crippen molar-refractivity contribution in [3.05, 3.63) is 65.5 Å². The Morgan fingerprint density at radius 1 is 1.09 bits per heavy atom. The molecule has 0 spiro atoms. The summed E-state index contributed by atoms with van der Waals surface area (Å²) < 4.78 is 19.4. The average Bonchev–Trinajstić information content (AvgIpc) is 3.32. The fraction of sp³-hybridized carbons (Fsp3) is 0.440. The lowest BCUT2D eigenvalue weighted by molar-refractivity contribution is -0.124. The van der Waals surface area contributed by atoms with Gasteiger partial charge in [-0.1, -0.05) is 38.1 Å². The van der Waals surface area contributed by atoms with Crippen LogP contribution in [0.2, 0.25) is 0 Å². The van der Waals surface area contributed by atoms with E-state index in [1.165, 1.54) is 18.2 Å². The van der Waals surface area contributed by atoms with Gasteiger partial charge in [-0.25, -0.2) is 4.39 Å². The van der Waals surface area contributed by atoms with Gasteiger partial charge in [0.1, 0.15) is 17.6 Å². The number of hydrogen-bond donors (Lipinski definition) is 2. The Balaban J connectivity index is 1.71. The molecule has 1 heterocycles. The van der Waals surface area contributed by atoms with Crippen molar-refractivity contribution in [2.24, 2.45) is 5.92 Å². The molecule has 7 heteroatoms. The number of nitrogens with zero attached hydrogens (tertiary/aromatic N) is 1. The number of ether oxygens (including phenoxy) is 1. The monoisotopic (exact) mass is 441 g/mol. The third-order valence-corrected chi connectivity index (χ3v) is 5.88. The van der Waals surface area contributed by atoms with Crippen LogP contribution in [0.1, 0.15) is 48.7 Å². The quantitative estimate of drug-likeness (QED) is 0.625. The smallest absolute Gasteiger partial charge is 0.254 e. The molecule has 2 unspecified atom stereocenters. The molecule has 1 saturated heterocycles. The van der Waals surface area contributed by atoms with Gasteiger partial charge in [0.15, 0.2) is 0 Å². The molecule has 0 bridgehead atoms. The second-order valence-corrected chi connectivity index (χ2v) is 8.46. The Hall–Kier alpha value is -2.93. The van der Waals surface area contributed by atoms with Gasteiger partial charge in [-0.05, 0) is 61.7 Å². The molecule has 6 nitrogen and oxygen atoms in total. The van der Waals surface area contributed by atoms with Crippen LogP contribution in [0.5, 0.6) is 5.75 Å². The van der Waals surface area contributed by atoms with Gasteiger partial charge in [0.25, 0.3) is 5.91 Å². The van der Waals surface area contributed by atoms with Crippen LogP contribution in [0, 0.1) is 11.7 Å². The minimum atomic E-state index is -0.772. The van der Waals surface area contributed by atoms with E-state index in [2.05, 4.69) is 15.5 Å². The van der Waals surface area contributed by atoms with E-state index < -0.39 is 17.8 Å². The van der Waals surface area contributed by atoms with E-state index >= 15 is 0 Å². The first kappa shape index (κ1) is 23.7. The van der Waals surface area contributed by atoms with Crippen molar-refractivity contribution >= 4 is 11.8 Å². The van der Waals surface area contributed by atoms with Crippen molar-refractivity contribution in [2.75, 3.05) is 26.7 Å². The summed E-state index contributed by atoms with van der Waals surface area (Å²) in [5.74, 6) is -0.874. The van der Waals surface area contributed by atoms with Gasteiger partial charge < -0.3 is 15.4 Å². The van der Waals surface area contributed by atoms with E-state index in [-0.39, 0.29) is 23.4 Å². The molecular weight excluding hydrogens is 409 g/mol. The molecule has 0 radical (unpaired) electrons. The highest BCUT2D eigenvalue weighted by molar-refractivity contribution is 5.97. The third kappa shape index (κ3) is 5.85. The summed E-state index contributed by atoms with van der Waals surface area (Å²) in [6, 6.07) is 12.9. The van der Waals surface area contributed by atoms with Crippen molar-refractivity contribution in [1.82, 2.24) is 15.5 Å². The fourth-order valence-electron chi connectivity index (χ4n) is 4.07. The molecule has 2 aromatic rings. The third-order valence-electron chi connectivity index (χ3n) is 5.88. The number of likely N-dealkylation sites (tertiary alicyclic amines) is 1. The van der Waals surface area contributed by atoms with E-state index in [9.17, 15) is 14.0 Å². The number of methoxy groups -OCH3 is 1. The molecule has 1 fully saturated rings. The highest BCUT2D eigenvalue weighted by Gasteiger charge is 2.28. The van der Waals surface area contributed by atoms with E-state index in [1.807, 2.05) is 38.1 Å². The maximum absolute atomic E-state index is 14.0. The van der Waals surface area contributed by atoms with Crippen LogP contribution in [0.25, 0.3) is 0 Å². The number of nitrogens with one attached hydrogen (secondary N) is 2. The van der Waals surface area contributed by atoms with E-state index in [1.54, 1.807) is 13.2 Å². The second-order valence-electron chi connectivity index (χ2n) is 8.46. The van der Waals surface area contributed by atoms with Gasteiger partial charge in [-0.2, -0.15) is 0 Å². The van der Waals surface area contributed by atoms with Gasteiger partial charge in [0, 0.05) is 6.54 Å². The second kappa shape index (κ2) is 11.1. The summed E-state index contributed by atoms with van der Waals surface area (Å²) >= 11 is 0. The zero-order valence-corrected chi connectivity index (χ0v) is 18.9. The first-order valence-electron chi connectivity index (χ1n) is 11.1. The number of carbonyl (C=O) groups is 2. The zero-order chi connectivity index (χ0) is 23.1. The standard InChI is InChI=1S/C25H32FN3O3/c1-17(2)23(28-24(30)20-11-4-5-12-21(20)26)25(31)27-16-22(29-13-6-7-14-29)18-9-8-10-19(15-18)32-3/h4-5,8-12,15,17,22-23H,6-7,13-14,16H2,1-3H3,(H,27,31)(H,28,30). The molecule has 2 amide bonds. The lowest BCUT2D eigenvalue weighted by Gasteiger charge is -2.30. The molecule has 2 aromatic carbocycles. The maximum Gasteiger partial charge on any atom is 0.254 e. The predicted molar refractivity (Wildman–Crippen MR) is 122 cm³/mol. The van der Waals surface area contributed by atoms with Crippen LogP contribution < -0.4 is 15.4 Å². The van der Waals surface area contributed by atoms with Crippen LogP contribution in [0.4, 0.5) is 4.39 Å². The number of rotatable bonds is 9. The van der Waals surface area contributed by atoms with E-state index in [0.717, 1.165) is 37.2 Å². The van der Waals surface area contributed by atoms with Crippen LogP contribution in [0.3, 0.4) is 0 Å². The molecule has 3 rings (SSSR count). The molecule has 0 aromatic heterocycles. The first-order chi connectivity index (χ1) is 15.4. The Bertz CT molecular complexity index is 928. The lowest BCUT2D eigenvalue weighted by Crippen LogP contribution is -2.51. The van der Waals surface area contributed by atoms with E-state index in [0.29, 0.717) is 6.54 Å². The molecule has 32 heavy (non-hydrogen) atoms. The average molecular weight is 442 g/mol. The topological polar surface area (TPSA) is 70.7 Å². The van der Waals surface area contributed by atoms with Gasteiger partial charge in [0.2, 0.25) is 5.91 Å². The van der Waals surface area contributed by atoms with Crippen molar-refractivity contribution in [3.8, 4) is 5.75 Å². The summed E-state index contributed by atoms with van der Waals surface area (Å²) in [6.07, 6.45) is 2.25. The normalized spacial score (nSPS) is 15.9. The van der Waals surface area contributed by atoms with Crippen LogP contribution in [-0.4, -0.2) is 49.5 Å². The predicted octanol–water partition coefficient (Wildman–Crippen LogP) is 3.54. The van der Waals surface area contributed by atoms with Gasteiger partial charge in [-0.15, -0.1) is 0 Å². The number of carbonyl (C=O) groups excluding carboxylic acids is 2. The summed E-state index contributed by atoms with van der Waals surface area (Å²) in [7, 11) is 1.64. The molecule has 0 saturated carbocycles. The number of benzene rings is 2. The van der Waals surface area contributed by atoms with Crippen LogP contribution in [-0.2, 0) is 4.79 Å². The molecule has 1 aliphatic rings. The Kier molecular flexibility index (Phi) is 8.22. The molecule has 2 N–H and O–H groups in total. The van der Waals surface area contributed by atoms with Crippen molar-refractivity contribution in [1.29, 1.82) is 0 Å². The van der Waals surface area contributed by atoms with Crippen molar-refractivity contribution in [3.63, 3.8) is 0 Å². The Labute approximate surface area is 189 Å². The molecule has 1 aliphatic heterocycles. The van der Waals surface area contributed by atoms with Gasteiger partial charge in [0.05, 0.1) is 18.7 Å². The lowest BCUT2D eigenvalue weighted by atomic mass is 10.0. The highest BCUT2D eigenvalue weighted by Crippen LogP contribution is 2.27.